The first-order valence-corrected chi connectivity index (χ1v) is 10.3. The lowest BCUT2D eigenvalue weighted by atomic mass is 10.2. The van der Waals surface area contributed by atoms with Crippen LogP contribution in [0.4, 0.5) is 26.0 Å². The lowest BCUT2D eigenvalue weighted by Gasteiger charge is -2.12. The van der Waals surface area contributed by atoms with Crippen LogP contribution in [-0.2, 0) is 0 Å². The van der Waals surface area contributed by atoms with E-state index in [4.69, 9.17) is 0 Å². The number of alkyl halides is 2. The molecule has 0 saturated carbocycles. The summed E-state index contributed by atoms with van der Waals surface area (Å²) in [7, 11) is 0. The zero-order chi connectivity index (χ0) is 21.8. The molecule has 0 saturated heterocycles. The van der Waals surface area contributed by atoms with Crippen molar-refractivity contribution in [3.8, 4) is 0 Å². The molecule has 0 unspecified atom stereocenters. The molecule has 0 fully saturated rings. The van der Waals surface area contributed by atoms with Gasteiger partial charge in [0.25, 0.3) is 11.3 Å². The van der Waals surface area contributed by atoms with Crippen molar-refractivity contribution < 1.29 is 8.78 Å². The molecule has 0 aliphatic carbocycles. The second kappa shape index (κ2) is 9.09. The quantitative estimate of drug-likeness (QED) is 0.306. The molecular weight excluding hydrogens is 418 g/mol. The van der Waals surface area contributed by atoms with Crippen LogP contribution in [0.5, 0.6) is 0 Å². The first kappa shape index (κ1) is 20.7. The molecule has 156 valence electrons. The van der Waals surface area contributed by atoms with Crippen LogP contribution in [-0.4, -0.2) is 21.4 Å². The van der Waals surface area contributed by atoms with Gasteiger partial charge in [-0.05, 0) is 55.0 Å². The number of halogens is 2. The van der Waals surface area contributed by atoms with Gasteiger partial charge >= 0.3 is 0 Å². The van der Waals surface area contributed by atoms with Gasteiger partial charge in [-0.3, -0.25) is 14.2 Å². The molecule has 2 aromatic heterocycles. The minimum atomic E-state index is -2.48. The number of nitrogens with zero attached hydrogens (tertiary/aromatic N) is 3. The van der Waals surface area contributed by atoms with E-state index in [1.807, 2.05) is 43.3 Å². The van der Waals surface area contributed by atoms with Crippen LogP contribution in [0.1, 0.15) is 11.1 Å². The Hall–Kier alpha value is -3.52. The highest BCUT2D eigenvalue weighted by molar-refractivity contribution is 7.99. The van der Waals surface area contributed by atoms with E-state index in [1.165, 1.54) is 10.6 Å². The second-order valence-electron chi connectivity index (χ2n) is 6.69. The number of rotatable bonds is 6. The number of aryl methyl sites for hydroxylation is 1. The smallest absolute Gasteiger partial charge is 0.288 e. The van der Waals surface area contributed by atoms with Crippen LogP contribution in [0.15, 0.2) is 87.6 Å². The van der Waals surface area contributed by atoms with Crippen LogP contribution in [0, 0.1) is 6.92 Å². The number of thioether (sulfide) groups is 1. The summed E-state index contributed by atoms with van der Waals surface area (Å²) < 4.78 is 26.6. The highest BCUT2D eigenvalue weighted by atomic mass is 32.2. The van der Waals surface area contributed by atoms with Crippen LogP contribution >= 0.6 is 11.8 Å². The third-order valence-electron chi connectivity index (χ3n) is 4.53. The zero-order valence-electron chi connectivity index (χ0n) is 16.5. The Labute approximate surface area is 181 Å². The van der Waals surface area contributed by atoms with Crippen molar-refractivity contribution in [1.82, 2.24) is 9.38 Å². The fourth-order valence-corrected chi connectivity index (χ4v) is 3.53. The van der Waals surface area contributed by atoms with E-state index in [9.17, 15) is 13.6 Å². The van der Waals surface area contributed by atoms with E-state index in [2.05, 4.69) is 15.3 Å². The van der Waals surface area contributed by atoms with Crippen LogP contribution in [0.25, 0.3) is 5.65 Å². The van der Waals surface area contributed by atoms with Crippen molar-refractivity contribution in [2.24, 2.45) is 4.99 Å². The average molecular weight is 436 g/mol. The number of aliphatic imine (C=N–C) groups is 1. The number of aromatic nitrogens is 2. The van der Waals surface area contributed by atoms with E-state index >= 15 is 0 Å². The first-order chi connectivity index (χ1) is 15.0. The maximum absolute atomic E-state index is 13.2. The standard InChI is InChI=1S/C23H18F2N4OS/c1-15-6-5-13-29-21(15)28-20(27-17-9-11-18(12-10-17)31-23(24)25)19(22(29)30)14-26-16-7-3-2-4-8-16/h2-14,23,27H,1H3. The predicted molar refractivity (Wildman–Crippen MR) is 121 cm³/mol. The number of pyridine rings is 1. The molecule has 0 spiro atoms. The molecule has 31 heavy (non-hydrogen) atoms. The number of fused-ring (bicyclic) bond motifs is 1. The van der Waals surface area contributed by atoms with Crippen LogP contribution in [0.2, 0.25) is 0 Å². The largest absolute Gasteiger partial charge is 0.339 e. The monoisotopic (exact) mass is 436 g/mol. The summed E-state index contributed by atoms with van der Waals surface area (Å²) in [6, 6.07) is 19.5. The molecule has 8 heteroatoms. The van der Waals surface area contributed by atoms with E-state index in [1.54, 1.807) is 36.5 Å². The highest BCUT2D eigenvalue weighted by Crippen LogP contribution is 2.27. The molecule has 0 aliphatic rings. The first-order valence-electron chi connectivity index (χ1n) is 9.44. The summed E-state index contributed by atoms with van der Waals surface area (Å²) in [4.78, 5) is 22.7. The van der Waals surface area contributed by atoms with Gasteiger partial charge in [0.05, 0.1) is 5.69 Å². The zero-order valence-corrected chi connectivity index (χ0v) is 17.3. The van der Waals surface area contributed by atoms with Gasteiger partial charge in [0.2, 0.25) is 0 Å². The Morgan fingerprint density at radius 1 is 1.06 bits per heavy atom. The summed E-state index contributed by atoms with van der Waals surface area (Å²) in [5.74, 6) is -2.14. The number of para-hydroxylation sites is 1. The maximum Gasteiger partial charge on any atom is 0.288 e. The topological polar surface area (TPSA) is 58.8 Å². The minimum Gasteiger partial charge on any atom is -0.339 e. The molecule has 4 rings (SSSR count). The van der Waals surface area contributed by atoms with Crippen LogP contribution in [0.3, 0.4) is 0 Å². The summed E-state index contributed by atoms with van der Waals surface area (Å²) in [5, 5.41) is 3.14. The summed E-state index contributed by atoms with van der Waals surface area (Å²) >= 11 is 0.477. The maximum atomic E-state index is 13.2. The van der Waals surface area contributed by atoms with Gasteiger partial charge in [0, 0.05) is 23.0 Å². The molecule has 0 aliphatic heterocycles. The number of hydrogen-bond acceptors (Lipinski definition) is 5. The molecule has 4 aromatic rings. The Bertz CT molecular complexity index is 1290. The SMILES string of the molecule is Cc1cccn2c(=O)c(C=Nc3ccccc3)c(Nc3ccc(SC(F)F)cc3)nc12. The normalized spacial score (nSPS) is 11.5. The molecule has 5 nitrogen and oxygen atoms in total. The molecule has 2 heterocycles. The minimum absolute atomic E-state index is 0.263. The number of nitrogens with one attached hydrogen (secondary N) is 1. The highest BCUT2D eigenvalue weighted by Gasteiger charge is 2.13. The van der Waals surface area contributed by atoms with Gasteiger partial charge in [-0.1, -0.05) is 36.0 Å². The van der Waals surface area contributed by atoms with Crippen molar-refractivity contribution in [3.05, 3.63) is 94.4 Å². The van der Waals surface area contributed by atoms with E-state index < -0.39 is 5.76 Å². The molecule has 1 N–H and O–H groups in total. The molecular formula is C23H18F2N4OS. The molecule has 0 bridgehead atoms. The van der Waals surface area contributed by atoms with Crippen molar-refractivity contribution in [2.45, 2.75) is 17.6 Å². The van der Waals surface area contributed by atoms with Crippen molar-refractivity contribution in [1.29, 1.82) is 0 Å². The van der Waals surface area contributed by atoms with Crippen LogP contribution < -0.4 is 10.9 Å². The summed E-state index contributed by atoms with van der Waals surface area (Å²) in [6.45, 7) is 1.87. The number of hydrogen-bond donors (Lipinski definition) is 1. The third kappa shape index (κ3) is 4.80. The van der Waals surface area contributed by atoms with E-state index in [0.29, 0.717) is 39.5 Å². The summed E-state index contributed by atoms with van der Waals surface area (Å²) in [5.41, 5.74) is 2.72. The molecule has 2 aromatic carbocycles. The fraction of sp³-hybridized carbons (Fsp3) is 0.0870. The Morgan fingerprint density at radius 2 is 1.81 bits per heavy atom. The molecule has 0 radical (unpaired) electrons. The third-order valence-corrected chi connectivity index (χ3v) is 5.25. The second-order valence-corrected chi connectivity index (χ2v) is 7.75. The van der Waals surface area contributed by atoms with Gasteiger partial charge in [-0.15, -0.1) is 0 Å². The number of benzene rings is 2. The van der Waals surface area contributed by atoms with Crippen molar-refractivity contribution in [3.63, 3.8) is 0 Å². The van der Waals surface area contributed by atoms with Crippen molar-refractivity contribution in [2.75, 3.05) is 5.32 Å². The Balaban J connectivity index is 1.77. The van der Waals surface area contributed by atoms with Gasteiger partial charge in [0.1, 0.15) is 17.0 Å². The lowest BCUT2D eigenvalue weighted by Crippen LogP contribution is -2.22. The molecule has 0 atom stereocenters. The van der Waals surface area contributed by atoms with E-state index in [0.717, 1.165) is 5.56 Å². The molecule has 0 amide bonds. The van der Waals surface area contributed by atoms with Gasteiger partial charge in [-0.25, -0.2) is 4.98 Å². The Kier molecular flexibility index (Phi) is 6.08. The number of anilines is 2. The van der Waals surface area contributed by atoms with Gasteiger partial charge in [0.15, 0.2) is 0 Å². The fourth-order valence-electron chi connectivity index (χ4n) is 3.03. The lowest BCUT2D eigenvalue weighted by molar-refractivity contribution is 0.252. The average Bonchev–Trinajstić information content (AvgIpc) is 2.76. The van der Waals surface area contributed by atoms with Gasteiger partial charge < -0.3 is 5.32 Å². The summed E-state index contributed by atoms with van der Waals surface area (Å²) in [6.07, 6.45) is 3.15. The van der Waals surface area contributed by atoms with E-state index in [-0.39, 0.29) is 11.1 Å². The Morgan fingerprint density at radius 3 is 2.52 bits per heavy atom. The predicted octanol–water partition coefficient (Wildman–Crippen LogP) is 5.81. The van der Waals surface area contributed by atoms with Crippen molar-refractivity contribution >= 4 is 40.8 Å². The van der Waals surface area contributed by atoms with Gasteiger partial charge in [-0.2, -0.15) is 8.78 Å².